The number of hydrazone groups is 1. The van der Waals surface area contributed by atoms with Gasteiger partial charge in [-0.3, -0.25) is 4.79 Å². The summed E-state index contributed by atoms with van der Waals surface area (Å²) in [6, 6.07) is 16.2. The Morgan fingerprint density at radius 2 is 1.77 bits per heavy atom. The van der Waals surface area contributed by atoms with Gasteiger partial charge in [0, 0.05) is 33.3 Å². The molecule has 2 aromatic carbocycles. The number of anilines is 1. The maximum absolute atomic E-state index is 12.0. The lowest BCUT2D eigenvalue weighted by atomic mass is 10.2. The molecule has 0 bridgehead atoms. The summed E-state index contributed by atoms with van der Waals surface area (Å²) >= 11 is 5.84. The van der Waals surface area contributed by atoms with Crippen LogP contribution in [0.4, 0.5) is 5.69 Å². The summed E-state index contributed by atoms with van der Waals surface area (Å²) in [6.45, 7) is 4.03. The van der Waals surface area contributed by atoms with Gasteiger partial charge in [-0.1, -0.05) is 11.6 Å². The van der Waals surface area contributed by atoms with Crippen LogP contribution in [0.2, 0.25) is 5.02 Å². The molecule has 3 rings (SSSR count). The van der Waals surface area contributed by atoms with E-state index < -0.39 is 0 Å². The van der Waals surface area contributed by atoms with Gasteiger partial charge in [-0.2, -0.15) is 5.10 Å². The molecule has 0 spiro atoms. The first kappa shape index (κ1) is 22.1. The van der Waals surface area contributed by atoms with E-state index in [9.17, 15) is 9.59 Å². The zero-order chi connectivity index (χ0) is 22.4. The SMILES string of the molecule is COC(=O)c1ccc(-n2c(C)cc(/C=N\NC(=O)CNc3ccc(Cl)cc3)c2C)cc1. The predicted molar refractivity (Wildman–Crippen MR) is 122 cm³/mol. The molecule has 2 N–H and O–H groups in total. The Balaban J connectivity index is 1.63. The van der Waals surface area contributed by atoms with Crippen LogP contribution in [0, 0.1) is 13.8 Å². The second-order valence-electron chi connectivity index (χ2n) is 6.85. The van der Waals surface area contributed by atoms with E-state index in [0.29, 0.717) is 10.6 Å². The summed E-state index contributed by atoms with van der Waals surface area (Å²) in [5.74, 6) is -0.639. The number of amides is 1. The Morgan fingerprint density at radius 3 is 2.42 bits per heavy atom. The van der Waals surface area contributed by atoms with Crippen molar-refractivity contribution >= 4 is 35.4 Å². The lowest BCUT2D eigenvalue weighted by Crippen LogP contribution is -2.25. The molecule has 0 aliphatic rings. The van der Waals surface area contributed by atoms with E-state index in [4.69, 9.17) is 16.3 Å². The smallest absolute Gasteiger partial charge is 0.337 e. The summed E-state index contributed by atoms with van der Waals surface area (Å²) in [7, 11) is 1.36. The maximum atomic E-state index is 12.0. The molecule has 0 aliphatic heterocycles. The predicted octanol–water partition coefficient (Wildman–Crippen LogP) is 4.10. The number of ether oxygens (including phenoxy) is 1. The van der Waals surface area contributed by atoms with Gasteiger partial charge in [-0.25, -0.2) is 10.2 Å². The highest BCUT2D eigenvalue weighted by molar-refractivity contribution is 6.30. The zero-order valence-corrected chi connectivity index (χ0v) is 18.2. The number of esters is 1. The van der Waals surface area contributed by atoms with Crippen LogP contribution in [0.15, 0.2) is 59.7 Å². The number of rotatable bonds is 7. The molecule has 7 nitrogen and oxygen atoms in total. The summed E-state index contributed by atoms with van der Waals surface area (Å²) in [5.41, 5.74) is 7.55. The van der Waals surface area contributed by atoms with Crippen molar-refractivity contribution in [2.75, 3.05) is 19.0 Å². The molecular formula is C23H23ClN4O3. The number of carbonyl (C=O) groups is 2. The van der Waals surface area contributed by atoms with Crippen LogP contribution in [-0.2, 0) is 9.53 Å². The molecule has 160 valence electrons. The molecule has 0 unspecified atom stereocenters. The summed E-state index contributed by atoms with van der Waals surface area (Å²) in [6.07, 6.45) is 1.61. The molecule has 31 heavy (non-hydrogen) atoms. The van der Waals surface area contributed by atoms with Crippen molar-refractivity contribution in [3.05, 3.63) is 82.1 Å². The van der Waals surface area contributed by atoms with Gasteiger partial charge in [0.1, 0.15) is 0 Å². The Labute approximate surface area is 185 Å². The van der Waals surface area contributed by atoms with Crippen molar-refractivity contribution in [3.63, 3.8) is 0 Å². The van der Waals surface area contributed by atoms with Gasteiger partial charge in [0.05, 0.1) is 25.4 Å². The van der Waals surface area contributed by atoms with E-state index in [0.717, 1.165) is 28.3 Å². The quantitative estimate of drug-likeness (QED) is 0.330. The number of halogens is 1. The third-order valence-electron chi connectivity index (χ3n) is 4.71. The Hall–Kier alpha value is -3.58. The number of aromatic nitrogens is 1. The minimum Gasteiger partial charge on any atom is -0.465 e. The highest BCUT2D eigenvalue weighted by Gasteiger charge is 2.11. The molecule has 0 saturated heterocycles. The van der Waals surface area contributed by atoms with Gasteiger partial charge >= 0.3 is 5.97 Å². The Kier molecular flexibility index (Phi) is 7.10. The number of benzene rings is 2. The lowest BCUT2D eigenvalue weighted by Gasteiger charge is -2.10. The monoisotopic (exact) mass is 438 g/mol. The number of carbonyl (C=O) groups excluding carboxylic acids is 2. The van der Waals surface area contributed by atoms with E-state index in [2.05, 4.69) is 15.8 Å². The minimum absolute atomic E-state index is 0.0878. The summed E-state index contributed by atoms with van der Waals surface area (Å²) in [5, 5.41) is 7.70. The van der Waals surface area contributed by atoms with Crippen LogP contribution in [0.1, 0.15) is 27.3 Å². The van der Waals surface area contributed by atoms with Crippen molar-refractivity contribution < 1.29 is 14.3 Å². The Morgan fingerprint density at radius 1 is 1.10 bits per heavy atom. The van der Waals surface area contributed by atoms with Gasteiger partial charge in [0.15, 0.2) is 0 Å². The highest BCUT2D eigenvalue weighted by atomic mass is 35.5. The molecule has 0 atom stereocenters. The molecule has 0 saturated carbocycles. The van der Waals surface area contributed by atoms with Crippen LogP contribution in [-0.4, -0.2) is 36.3 Å². The lowest BCUT2D eigenvalue weighted by molar-refractivity contribution is -0.119. The van der Waals surface area contributed by atoms with Gasteiger partial charge in [0.25, 0.3) is 5.91 Å². The van der Waals surface area contributed by atoms with Crippen molar-refractivity contribution in [2.24, 2.45) is 5.10 Å². The van der Waals surface area contributed by atoms with E-state index in [1.165, 1.54) is 7.11 Å². The number of hydrogen-bond donors (Lipinski definition) is 2. The van der Waals surface area contributed by atoms with Gasteiger partial charge in [-0.15, -0.1) is 0 Å². The van der Waals surface area contributed by atoms with E-state index in [-0.39, 0.29) is 18.4 Å². The number of aryl methyl sites for hydroxylation is 1. The van der Waals surface area contributed by atoms with Crippen LogP contribution in [0.25, 0.3) is 5.69 Å². The van der Waals surface area contributed by atoms with Crippen molar-refractivity contribution in [1.29, 1.82) is 0 Å². The standard InChI is InChI=1S/C23H23ClN4O3/c1-15-12-18(13-26-27-22(29)14-25-20-8-6-19(24)7-9-20)16(2)28(15)21-10-4-17(5-11-21)23(30)31-3/h4-13,25H,14H2,1-3H3,(H,27,29)/b26-13-. The third kappa shape index (κ3) is 5.52. The highest BCUT2D eigenvalue weighted by Crippen LogP contribution is 2.20. The van der Waals surface area contributed by atoms with Gasteiger partial charge < -0.3 is 14.6 Å². The molecule has 1 heterocycles. The molecule has 0 fully saturated rings. The first-order valence-electron chi connectivity index (χ1n) is 9.58. The second-order valence-corrected chi connectivity index (χ2v) is 7.29. The van der Waals surface area contributed by atoms with Crippen LogP contribution < -0.4 is 10.7 Å². The van der Waals surface area contributed by atoms with Crippen molar-refractivity contribution in [3.8, 4) is 5.69 Å². The molecule has 3 aromatic rings. The van der Waals surface area contributed by atoms with Crippen molar-refractivity contribution in [2.45, 2.75) is 13.8 Å². The fourth-order valence-corrected chi connectivity index (χ4v) is 3.27. The maximum Gasteiger partial charge on any atom is 0.337 e. The second kappa shape index (κ2) is 9.95. The molecular weight excluding hydrogens is 416 g/mol. The molecule has 0 aliphatic carbocycles. The van der Waals surface area contributed by atoms with E-state index >= 15 is 0 Å². The Bertz CT molecular complexity index is 1100. The fraction of sp³-hybridized carbons (Fsp3) is 0.174. The van der Waals surface area contributed by atoms with Crippen LogP contribution in [0.3, 0.4) is 0 Å². The molecule has 8 heteroatoms. The minimum atomic E-state index is -0.374. The first-order valence-corrected chi connectivity index (χ1v) is 9.96. The van der Waals surface area contributed by atoms with E-state index in [1.807, 2.05) is 36.6 Å². The summed E-state index contributed by atoms with van der Waals surface area (Å²) in [4.78, 5) is 23.6. The fourth-order valence-electron chi connectivity index (χ4n) is 3.14. The van der Waals surface area contributed by atoms with Crippen LogP contribution >= 0.6 is 11.6 Å². The van der Waals surface area contributed by atoms with Crippen molar-refractivity contribution in [1.82, 2.24) is 9.99 Å². The number of nitrogens with one attached hydrogen (secondary N) is 2. The number of methoxy groups -OCH3 is 1. The van der Waals surface area contributed by atoms with Gasteiger partial charge in [0.2, 0.25) is 0 Å². The number of nitrogens with zero attached hydrogens (tertiary/aromatic N) is 2. The van der Waals surface area contributed by atoms with Crippen LogP contribution in [0.5, 0.6) is 0 Å². The third-order valence-corrected chi connectivity index (χ3v) is 4.96. The number of hydrogen-bond acceptors (Lipinski definition) is 5. The largest absolute Gasteiger partial charge is 0.465 e. The summed E-state index contributed by atoms with van der Waals surface area (Å²) < 4.78 is 6.78. The molecule has 1 amide bonds. The average molecular weight is 439 g/mol. The molecule has 1 aromatic heterocycles. The topological polar surface area (TPSA) is 84.7 Å². The zero-order valence-electron chi connectivity index (χ0n) is 17.5. The van der Waals surface area contributed by atoms with E-state index in [1.54, 1.807) is 42.6 Å². The molecule has 0 radical (unpaired) electrons. The normalized spacial score (nSPS) is 10.8. The average Bonchev–Trinajstić information content (AvgIpc) is 3.06. The van der Waals surface area contributed by atoms with Gasteiger partial charge in [-0.05, 0) is 68.4 Å². The first-order chi connectivity index (χ1) is 14.9.